The summed E-state index contributed by atoms with van der Waals surface area (Å²) in [7, 11) is 3.84. The normalized spacial score (nSPS) is 16.8. The molecule has 0 unspecified atom stereocenters. The van der Waals surface area contributed by atoms with E-state index < -0.39 is 0 Å². The van der Waals surface area contributed by atoms with Gasteiger partial charge in [-0.25, -0.2) is 0 Å². The largest absolute Gasteiger partial charge is 0.345 e. The van der Waals surface area contributed by atoms with Crippen molar-refractivity contribution in [2.45, 2.75) is 19.3 Å². The van der Waals surface area contributed by atoms with Crippen LogP contribution in [-0.2, 0) is 11.2 Å². The van der Waals surface area contributed by atoms with Crippen molar-refractivity contribution in [1.82, 2.24) is 10.2 Å². The predicted octanol–water partition coefficient (Wildman–Crippen LogP) is 1.75. The van der Waals surface area contributed by atoms with E-state index in [0.717, 1.165) is 32.4 Å². The highest BCUT2D eigenvalue weighted by Crippen LogP contribution is 2.46. The van der Waals surface area contributed by atoms with E-state index >= 15 is 0 Å². The molecule has 0 radical (unpaired) electrons. The minimum Gasteiger partial charge on any atom is -0.345 e. The van der Waals surface area contributed by atoms with Gasteiger partial charge >= 0.3 is 0 Å². The van der Waals surface area contributed by atoms with E-state index in [-0.39, 0.29) is 5.41 Å². The third-order valence-corrected chi connectivity index (χ3v) is 4.38. The van der Waals surface area contributed by atoms with Crippen molar-refractivity contribution >= 4 is 17.2 Å². The highest BCUT2D eigenvalue weighted by molar-refractivity contribution is 7.09. The van der Waals surface area contributed by atoms with Gasteiger partial charge in [0.1, 0.15) is 0 Å². The molecule has 1 saturated carbocycles. The third kappa shape index (κ3) is 2.87. The lowest BCUT2D eigenvalue weighted by Gasteiger charge is -2.23. The van der Waals surface area contributed by atoms with Crippen LogP contribution in [0.5, 0.6) is 0 Å². The minimum absolute atomic E-state index is 0.0844. The first-order valence-corrected chi connectivity index (χ1v) is 6.98. The molecule has 1 amide bonds. The van der Waals surface area contributed by atoms with E-state index in [2.05, 4.69) is 22.8 Å². The number of hydrogen-bond acceptors (Lipinski definition) is 3. The average Bonchev–Trinajstić information content (AvgIpc) is 2.92. The number of likely N-dealkylation sites (N-methyl/N-ethyl adjacent to an activating group) is 1. The number of carbonyl (C=O) groups is 1. The summed E-state index contributed by atoms with van der Waals surface area (Å²) in [4.78, 5) is 15.5. The standard InChI is InChI=1S/C13H20N2OS/c1-14-10-13(6-7-13)12(16)15(2)8-5-11-4-3-9-17-11/h3-4,9,14H,5-8,10H2,1-2H3. The Morgan fingerprint density at radius 1 is 1.59 bits per heavy atom. The zero-order valence-corrected chi connectivity index (χ0v) is 11.3. The molecule has 1 fully saturated rings. The van der Waals surface area contributed by atoms with Crippen LogP contribution in [-0.4, -0.2) is 38.0 Å². The maximum absolute atomic E-state index is 12.3. The first-order valence-electron chi connectivity index (χ1n) is 6.10. The summed E-state index contributed by atoms with van der Waals surface area (Å²) < 4.78 is 0. The van der Waals surface area contributed by atoms with Gasteiger partial charge in [-0.3, -0.25) is 4.79 Å². The fourth-order valence-corrected chi connectivity index (χ4v) is 2.89. The van der Waals surface area contributed by atoms with Crippen molar-refractivity contribution in [3.8, 4) is 0 Å². The predicted molar refractivity (Wildman–Crippen MR) is 71.3 cm³/mol. The number of carbonyl (C=O) groups excluding carboxylic acids is 1. The van der Waals surface area contributed by atoms with Crippen LogP contribution in [0, 0.1) is 5.41 Å². The second-order valence-electron chi connectivity index (χ2n) is 4.87. The summed E-state index contributed by atoms with van der Waals surface area (Å²) in [5, 5.41) is 5.21. The molecule has 0 bridgehead atoms. The molecular formula is C13H20N2OS. The lowest BCUT2D eigenvalue weighted by molar-refractivity contribution is -0.135. The van der Waals surface area contributed by atoms with Gasteiger partial charge in [0.25, 0.3) is 0 Å². The van der Waals surface area contributed by atoms with Crippen molar-refractivity contribution in [3.05, 3.63) is 22.4 Å². The zero-order valence-electron chi connectivity index (χ0n) is 10.5. The van der Waals surface area contributed by atoms with E-state index in [1.807, 2.05) is 19.0 Å². The van der Waals surface area contributed by atoms with Crippen LogP contribution in [0.15, 0.2) is 17.5 Å². The molecule has 0 aliphatic heterocycles. The molecule has 94 valence electrons. The van der Waals surface area contributed by atoms with E-state index in [4.69, 9.17) is 0 Å². The van der Waals surface area contributed by atoms with Crippen molar-refractivity contribution in [1.29, 1.82) is 0 Å². The fraction of sp³-hybridized carbons (Fsp3) is 0.615. The quantitative estimate of drug-likeness (QED) is 0.836. The van der Waals surface area contributed by atoms with Gasteiger partial charge < -0.3 is 10.2 Å². The number of thiophene rings is 1. The van der Waals surface area contributed by atoms with Gasteiger partial charge in [-0.1, -0.05) is 6.07 Å². The summed E-state index contributed by atoms with van der Waals surface area (Å²) in [5.41, 5.74) is -0.0844. The Kier molecular flexibility index (Phi) is 3.84. The van der Waals surface area contributed by atoms with Crippen LogP contribution >= 0.6 is 11.3 Å². The monoisotopic (exact) mass is 252 g/mol. The Labute approximate surface area is 107 Å². The molecule has 0 saturated heterocycles. The molecule has 1 aromatic rings. The number of nitrogens with one attached hydrogen (secondary N) is 1. The summed E-state index contributed by atoms with van der Waals surface area (Å²) in [6, 6.07) is 4.19. The number of amides is 1. The second-order valence-corrected chi connectivity index (χ2v) is 5.90. The minimum atomic E-state index is -0.0844. The molecule has 2 rings (SSSR count). The SMILES string of the molecule is CNCC1(C(=O)N(C)CCc2cccs2)CC1. The second kappa shape index (κ2) is 5.19. The maximum Gasteiger partial charge on any atom is 0.229 e. The molecule has 0 atom stereocenters. The highest BCUT2D eigenvalue weighted by atomic mass is 32.1. The molecule has 1 N–H and O–H groups in total. The number of nitrogens with zero attached hydrogens (tertiary/aromatic N) is 1. The molecule has 1 heterocycles. The third-order valence-electron chi connectivity index (χ3n) is 3.44. The van der Waals surface area contributed by atoms with Crippen molar-refractivity contribution < 1.29 is 4.79 Å². The maximum atomic E-state index is 12.3. The van der Waals surface area contributed by atoms with Crippen molar-refractivity contribution in [2.24, 2.45) is 5.41 Å². The molecular weight excluding hydrogens is 232 g/mol. The van der Waals surface area contributed by atoms with Crippen LogP contribution in [0.25, 0.3) is 0 Å². The Bertz CT molecular complexity index is 371. The first kappa shape index (κ1) is 12.6. The van der Waals surface area contributed by atoms with Gasteiger partial charge in [-0.05, 0) is 37.8 Å². The van der Waals surface area contributed by atoms with Crippen LogP contribution < -0.4 is 5.32 Å². The molecule has 0 aromatic carbocycles. The van der Waals surface area contributed by atoms with Gasteiger partial charge in [0, 0.05) is 25.0 Å². The summed E-state index contributed by atoms with van der Waals surface area (Å²) >= 11 is 1.76. The van der Waals surface area contributed by atoms with Gasteiger partial charge in [0.2, 0.25) is 5.91 Å². The van der Waals surface area contributed by atoms with Gasteiger partial charge in [-0.2, -0.15) is 0 Å². The molecule has 4 heteroatoms. The molecule has 1 aliphatic rings. The lowest BCUT2D eigenvalue weighted by Crippen LogP contribution is -2.39. The Morgan fingerprint density at radius 3 is 2.88 bits per heavy atom. The topological polar surface area (TPSA) is 32.3 Å². The fourth-order valence-electron chi connectivity index (χ4n) is 2.19. The summed E-state index contributed by atoms with van der Waals surface area (Å²) in [6.07, 6.45) is 3.04. The molecule has 0 spiro atoms. The van der Waals surface area contributed by atoms with Gasteiger partial charge in [0.05, 0.1) is 5.41 Å². The number of hydrogen-bond donors (Lipinski definition) is 1. The van der Waals surface area contributed by atoms with Gasteiger partial charge in [0.15, 0.2) is 0 Å². The Morgan fingerprint density at radius 2 is 2.35 bits per heavy atom. The zero-order chi connectivity index (χ0) is 12.3. The van der Waals surface area contributed by atoms with Gasteiger partial charge in [-0.15, -0.1) is 11.3 Å². The van der Waals surface area contributed by atoms with Crippen LogP contribution in [0.2, 0.25) is 0 Å². The van der Waals surface area contributed by atoms with Crippen LogP contribution in [0.4, 0.5) is 0 Å². The van der Waals surface area contributed by atoms with Crippen LogP contribution in [0.1, 0.15) is 17.7 Å². The molecule has 3 nitrogen and oxygen atoms in total. The lowest BCUT2D eigenvalue weighted by atomic mass is 10.1. The summed E-state index contributed by atoms with van der Waals surface area (Å²) in [5.74, 6) is 0.309. The first-order chi connectivity index (χ1) is 8.18. The van der Waals surface area contributed by atoms with E-state index in [1.54, 1.807) is 11.3 Å². The molecule has 1 aromatic heterocycles. The molecule has 1 aliphatic carbocycles. The van der Waals surface area contributed by atoms with E-state index in [1.165, 1.54) is 4.88 Å². The molecule has 17 heavy (non-hydrogen) atoms. The Balaban J connectivity index is 1.83. The van der Waals surface area contributed by atoms with Crippen LogP contribution in [0.3, 0.4) is 0 Å². The van der Waals surface area contributed by atoms with Crippen molar-refractivity contribution in [2.75, 3.05) is 27.2 Å². The van der Waals surface area contributed by atoms with Crippen molar-refractivity contribution in [3.63, 3.8) is 0 Å². The number of rotatable bonds is 6. The average molecular weight is 252 g/mol. The Hall–Kier alpha value is -0.870. The van der Waals surface area contributed by atoms with E-state index in [9.17, 15) is 4.79 Å². The summed E-state index contributed by atoms with van der Waals surface area (Å²) in [6.45, 7) is 1.64. The highest BCUT2D eigenvalue weighted by Gasteiger charge is 2.50. The smallest absolute Gasteiger partial charge is 0.229 e. The van der Waals surface area contributed by atoms with E-state index in [0.29, 0.717) is 5.91 Å².